The molecule has 0 aliphatic rings. The van der Waals surface area contributed by atoms with Crippen molar-refractivity contribution < 1.29 is 9.18 Å². The Labute approximate surface area is 130 Å². The number of hydrogen-bond donors (Lipinski definition) is 2. The van der Waals surface area contributed by atoms with Crippen molar-refractivity contribution in [1.29, 1.82) is 0 Å². The fourth-order valence-electron chi connectivity index (χ4n) is 1.86. The normalized spacial score (nSPS) is 10.2. The van der Waals surface area contributed by atoms with Gasteiger partial charge in [0.05, 0.1) is 16.8 Å². The molecule has 2 N–H and O–H groups in total. The fourth-order valence-corrected chi connectivity index (χ4v) is 2.48. The standard InChI is InChI=1S/C16H12FN3OS/c17-11-3-1-4-12(9-11)19-15-7-6-13(10-18-15)20-16(21)14-5-2-8-22-14/h1-10H,(H,18,19)(H,20,21). The molecule has 0 saturated carbocycles. The average Bonchev–Trinajstić information content (AvgIpc) is 3.04. The molecule has 3 aromatic rings. The SMILES string of the molecule is O=C(Nc1ccc(Nc2cccc(F)c2)nc1)c1cccs1. The van der Waals surface area contributed by atoms with E-state index in [1.54, 1.807) is 36.5 Å². The lowest BCUT2D eigenvalue weighted by Crippen LogP contribution is -2.10. The van der Waals surface area contributed by atoms with Crippen molar-refractivity contribution in [3.63, 3.8) is 0 Å². The maximum atomic E-state index is 13.1. The zero-order valence-electron chi connectivity index (χ0n) is 11.4. The second-order valence-corrected chi connectivity index (χ2v) is 5.45. The largest absolute Gasteiger partial charge is 0.340 e. The second-order valence-electron chi connectivity index (χ2n) is 4.50. The van der Waals surface area contributed by atoms with Crippen LogP contribution in [-0.4, -0.2) is 10.9 Å². The van der Waals surface area contributed by atoms with E-state index < -0.39 is 0 Å². The molecular weight excluding hydrogens is 301 g/mol. The van der Waals surface area contributed by atoms with E-state index in [1.165, 1.54) is 23.5 Å². The number of aromatic nitrogens is 1. The lowest BCUT2D eigenvalue weighted by Gasteiger charge is -2.07. The molecular formula is C16H12FN3OS. The molecule has 0 radical (unpaired) electrons. The first-order valence-electron chi connectivity index (χ1n) is 6.54. The molecule has 4 nitrogen and oxygen atoms in total. The summed E-state index contributed by atoms with van der Waals surface area (Å²) >= 11 is 1.38. The third-order valence-corrected chi connectivity index (χ3v) is 3.73. The summed E-state index contributed by atoms with van der Waals surface area (Å²) in [5.41, 5.74) is 1.21. The van der Waals surface area contributed by atoms with E-state index in [1.807, 2.05) is 11.4 Å². The second kappa shape index (κ2) is 6.36. The van der Waals surface area contributed by atoms with E-state index >= 15 is 0 Å². The summed E-state index contributed by atoms with van der Waals surface area (Å²) in [5.74, 6) is 0.0900. The fraction of sp³-hybridized carbons (Fsp3) is 0. The van der Waals surface area contributed by atoms with Crippen molar-refractivity contribution in [1.82, 2.24) is 4.98 Å². The van der Waals surface area contributed by atoms with Gasteiger partial charge in [0.2, 0.25) is 0 Å². The van der Waals surface area contributed by atoms with Crippen molar-refractivity contribution in [2.45, 2.75) is 0 Å². The van der Waals surface area contributed by atoms with Gasteiger partial charge in [-0.2, -0.15) is 0 Å². The predicted molar refractivity (Wildman–Crippen MR) is 86.2 cm³/mol. The minimum Gasteiger partial charge on any atom is -0.340 e. The summed E-state index contributed by atoms with van der Waals surface area (Å²) in [5, 5.41) is 7.60. The van der Waals surface area contributed by atoms with Gasteiger partial charge in [-0.05, 0) is 41.8 Å². The van der Waals surface area contributed by atoms with Crippen LogP contribution in [0, 0.1) is 5.82 Å². The van der Waals surface area contributed by atoms with Crippen molar-refractivity contribution in [2.75, 3.05) is 10.6 Å². The topological polar surface area (TPSA) is 54.0 Å². The molecule has 0 saturated heterocycles. The molecule has 0 atom stereocenters. The maximum Gasteiger partial charge on any atom is 0.265 e. The Morgan fingerprint density at radius 2 is 2.00 bits per heavy atom. The molecule has 3 rings (SSSR count). The van der Waals surface area contributed by atoms with Gasteiger partial charge in [-0.25, -0.2) is 9.37 Å². The van der Waals surface area contributed by atoms with Gasteiger partial charge in [0.1, 0.15) is 11.6 Å². The van der Waals surface area contributed by atoms with E-state index in [0.717, 1.165) is 0 Å². The summed E-state index contributed by atoms with van der Waals surface area (Å²) in [4.78, 5) is 16.7. The number of carbonyl (C=O) groups is 1. The van der Waals surface area contributed by atoms with Crippen LogP contribution < -0.4 is 10.6 Å². The number of benzene rings is 1. The summed E-state index contributed by atoms with van der Waals surface area (Å²) in [6, 6.07) is 13.2. The van der Waals surface area contributed by atoms with Crippen LogP contribution in [0.4, 0.5) is 21.6 Å². The van der Waals surface area contributed by atoms with Gasteiger partial charge in [-0.3, -0.25) is 4.79 Å². The first-order valence-corrected chi connectivity index (χ1v) is 7.42. The van der Waals surface area contributed by atoms with E-state index in [2.05, 4.69) is 15.6 Å². The minimum absolute atomic E-state index is 0.164. The molecule has 22 heavy (non-hydrogen) atoms. The number of pyridine rings is 1. The number of rotatable bonds is 4. The first-order chi connectivity index (χ1) is 10.7. The number of anilines is 3. The number of carbonyl (C=O) groups excluding carboxylic acids is 1. The molecule has 1 amide bonds. The van der Waals surface area contributed by atoms with Gasteiger partial charge < -0.3 is 10.6 Å². The molecule has 1 aromatic carbocycles. The van der Waals surface area contributed by atoms with Crippen LogP contribution >= 0.6 is 11.3 Å². The number of hydrogen-bond acceptors (Lipinski definition) is 4. The highest BCUT2D eigenvalue weighted by atomic mass is 32.1. The minimum atomic E-state index is -0.315. The number of thiophene rings is 1. The molecule has 6 heteroatoms. The predicted octanol–water partition coefficient (Wildman–Crippen LogP) is 4.28. The monoisotopic (exact) mass is 313 g/mol. The highest BCUT2D eigenvalue weighted by Gasteiger charge is 2.07. The van der Waals surface area contributed by atoms with E-state index in [0.29, 0.717) is 22.1 Å². The van der Waals surface area contributed by atoms with Gasteiger partial charge in [-0.1, -0.05) is 12.1 Å². The molecule has 0 bridgehead atoms. The van der Waals surface area contributed by atoms with Crippen LogP contribution in [0.15, 0.2) is 60.1 Å². The van der Waals surface area contributed by atoms with Gasteiger partial charge in [0, 0.05) is 5.69 Å². The van der Waals surface area contributed by atoms with E-state index in [-0.39, 0.29) is 11.7 Å². The number of nitrogens with one attached hydrogen (secondary N) is 2. The summed E-state index contributed by atoms with van der Waals surface area (Å²) in [7, 11) is 0. The Hall–Kier alpha value is -2.73. The number of amides is 1. The molecule has 110 valence electrons. The van der Waals surface area contributed by atoms with Gasteiger partial charge in [-0.15, -0.1) is 11.3 Å². The molecule has 0 spiro atoms. The van der Waals surface area contributed by atoms with Crippen LogP contribution in [-0.2, 0) is 0 Å². The van der Waals surface area contributed by atoms with Gasteiger partial charge in [0.15, 0.2) is 0 Å². The average molecular weight is 313 g/mol. The summed E-state index contributed by atoms with van der Waals surface area (Å²) in [6.45, 7) is 0. The van der Waals surface area contributed by atoms with Crippen LogP contribution in [0.5, 0.6) is 0 Å². The van der Waals surface area contributed by atoms with Crippen LogP contribution in [0.1, 0.15) is 9.67 Å². The lowest BCUT2D eigenvalue weighted by atomic mass is 10.3. The Morgan fingerprint density at radius 3 is 2.68 bits per heavy atom. The third-order valence-electron chi connectivity index (χ3n) is 2.86. The van der Waals surface area contributed by atoms with Gasteiger partial charge >= 0.3 is 0 Å². The van der Waals surface area contributed by atoms with Crippen molar-refractivity contribution >= 4 is 34.4 Å². The van der Waals surface area contributed by atoms with E-state index in [9.17, 15) is 9.18 Å². The molecule has 0 aliphatic heterocycles. The molecule has 0 fully saturated rings. The summed E-state index contributed by atoms with van der Waals surface area (Å²) in [6.07, 6.45) is 1.55. The van der Waals surface area contributed by atoms with Crippen molar-refractivity contribution in [2.24, 2.45) is 0 Å². The maximum absolute atomic E-state index is 13.1. The van der Waals surface area contributed by atoms with Gasteiger partial charge in [0.25, 0.3) is 5.91 Å². The molecule has 0 unspecified atom stereocenters. The zero-order valence-corrected chi connectivity index (χ0v) is 12.2. The Kier molecular flexibility index (Phi) is 4.11. The zero-order chi connectivity index (χ0) is 15.4. The number of nitrogens with zero attached hydrogens (tertiary/aromatic N) is 1. The first kappa shape index (κ1) is 14.2. The highest BCUT2D eigenvalue weighted by molar-refractivity contribution is 7.12. The number of halogens is 1. The van der Waals surface area contributed by atoms with Crippen LogP contribution in [0.3, 0.4) is 0 Å². The highest BCUT2D eigenvalue weighted by Crippen LogP contribution is 2.18. The molecule has 0 aliphatic carbocycles. The Morgan fingerprint density at radius 1 is 1.09 bits per heavy atom. The van der Waals surface area contributed by atoms with Crippen LogP contribution in [0.2, 0.25) is 0 Å². The third kappa shape index (κ3) is 3.48. The smallest absolute Gasteiger partial charge is 0.265 e. The lowest BCUT2D eigenvalue weighted by molar-refractivity contribution is 0.103. The van der Waals surface area contributed by atoms with Crippen molar-refractivity contribution in [3.8, 4) is 0 Å². The molecule has 2 aromatic heterocycles. The Balaban J connectivity index is 1.66. The summed E-state index contributed by atoms with van der Waals surface area (Å²) < 4.78 is 13.1. The Bertz CT molecular complexity index is 772. The van der Waals surface area contributed by atoms with E-state index in [4.69, 9.17) is 0 Å². The quantitative estimate of drug-likeness (QED) is 0.756. The molecule has 2 heterocycles. The van der Waals surface area contributed by atoms with Crippen LogP contribution in [0.25, 0.3) is 0 Å². The van der Waals surface area contributed by atoms with Crippen molar-refractivity contribution in [3.05, 3.63) is 70.8 Å².